The highest BCUT2D eigenvalue weighted by Gasteiger charge is 2.53. The summed E-state index contributed by atoms with van der Waals surface area (Å²) in [5.74, 6) is 0.335. The van der Waals surface area contributed by atoms with Gasteiger partial charge in [-0.2, -0.15) is 0 Å². The second-order valence-corrected chi connectivity index (χ2v) is 10.0. The fourth-order valence-corrected chi connectivity index (χ4v) is 4.27. The highest BCUT2D eigenvalue weighted by Crippen LogP contribution is 2.39. The van der Waals surface area contributed by atoms with Crippen LogP contribution in [0.3, 0.4) is 0 Å². The van der Waals surface area contributed by atoms with E-state index in [1.807, 2.05) is 65.0 Å². The van der Waals surface area contributed by atoms with E-state index in [0.29, 0.717) is 31.9 Å². The molecule has 2 atom stereocenters. The first-order chi connectivity index (χ1) is 15.1. The standard InChI is InChI=1S/C25H36N2O5/c1-18(2)16-20(21(28)31-17-19-10-7-6-8-11-19)26-22-25(13-15-30-22)12-9-14-27(25)23(29)32-24(3,4)5/h6-8,10-11,18,20H,9,12-17H2,1-5H3/t20-,25-/m1/s1. The Balaban J connectivity index is 1.80. The predicted octanol–water partition coefficient (Wildman–Crippen LogP) is 4.73. The van der Waals surface area contributed by atoms with Crippen molar-refractivity contribution in [3.63, 3.8) is 0 Å². The van der Waals surface area contributed by atoms with E-state index < -0.39 is 17.2 Å². The van der Waals surface area contributed by atoms with Gasteiger partial charge in [-0.1, -0.05) is 44.2 Å². The molecular formula is C25H36N2O5. The van der Waals surface area contributed by atoms with Gasteiger partial charge in [0.25, 0.3) is 0 Å². The van der Waals surface area contributed by atoms with Crippen molar-refractivity contribution in [3.05, 3.63) is 35.9 Å². The average Bonchev–Trinajstić information content (AvgIpc) is 3.32. The molecule has 1 aromatic rings. The molecule has 0 N–H and O–H groups in total. The van der Waals surface area contributed by atoms with E-state index in [9.17, 15) is 9.59 Å². The van der Waals surface area contributed by atoms with E-state index in [0.717, 1.165) is 18.4 Å². The van der Waals surface area contributed by atoms with Gasteiger partial charge in [0.1, 0.15) is 17.7 Å². The summed E-state index contributed by atoms with van der Waals surface area (Å²) in [6.07, 6.45) is 2.43. The van der Waals surface area contributed by atoms with Crippen LogP contribution in [0.25, 0.3) is 0 Å². The van der Waals surface area contributed by atoms with Crippen LogP contribution in [0.2, 0.25) is 0 Å². The Kier molecular flexibility index (Phi) is 7.47. The first-order valence-electron chi connectivity index (χ1n) is 11.5. The maximum Gasteiger partial charge on any atom is 0.411 e. The Labute approximate surface area is 191 Å². The van der Waals surface area contributed by atoms with Crippen molar-refractivity contribution < 1.29 is 23.8 Å². The van der Waals surface area contributed by atoms with E-state index >= 15 is 0 Å². The zero-order chi connectivity index (χ0) is 23.4. The van der Waals surface area contributed by atoms with Crippen molar-refractivity contribution in [1.82, 2.24) is 4.90 Å². The molecule has 0 unspecified atom stereocenters. The minimum absolute atomic E-state index is 0.204. The predicted molar refractivity (Wildman–Crippen MR) is 122 cm³/mol. The Morgan fingerprint density at radius 2 is 1.91 bits per heavy atom. The molecule has 1 spiro atoms. The minimum atomic E-state index is -0.676. The van der Waals surface area contributed by atoms with Crippen LogP contribution in [-0.2, 0) is 25.6 Å². The fourth-order valence-electron chi connectivity index (χ4n) is 4.27. The number of nitrogens with zero attached hydrogens (tertiary/aromatic N) is 2. The van der Waals surface area contributed by atoms with Gasteiger partial charge in [0.05, 0.1) is 6.61 Å². The van der Waals surface area contributed by atoms with Crippen LogP contribution < -0.4 is 0 Å². The monoisotopic (exact) mass is 444 g/mol. The summed E-state index contributed by atoms with van der Waals surface area (Å²) in [6.45, 7) is 10.9. The molecule has 176 valence electrons. The summed E-state index contributed by atoms with van der Waals surface area (Å²) >= 11 is 0. The second kappa shape index (κ2) is 9.92. The summed E-state index contributed by atoms with van der Waals surface area (Å²) in [5, 5.41) is 0. The number of rotatable bonds is 6. The average molecular weight is 445 g/mol. The number of benzene rings is 1. The lowest BCUT2D eigenvalue weighted by Crippen LogP contribution is -2.52. The number of likely N-dealkylation sites (tertiary alicyclic amines) is 1. The van der Waals surface area contributed by atoms with Crippen LogP contribution in [-0.4, -0.2) is 53.2 Å². The number of carbonyl (C=O) groups is 2. The highest BCUT2D eigenvalue weighted by atomic mass is 16.6. The Hall–Kier alpha value is -2.57. The molecular weight excluding hydrogens is 408 g/mol. The lowest BCUT2D eigenvalue weighted by molar-refractivity contribution is -0.146. The number of hydrogen-bond acceptors (Lipinski definition) is 6. The Bertz CT molecular complexity index is 826. The third kappa shape index (κ3) is 5.81. The van der Waals surface area contributed by atoms with E-state index in [4.69, 9.17) is 19.2 Å². The first-order valence-corrected chi connectivity index (χ1v) is 11.5. The second-order valence-electron chi connectivity index (χ2n) is 10.0. The maximum atomic E-state index is 13.0. The molecule has 0 aromatic heterocycles. The van der Waals surface area contributed by atoms with Crippen LogP contribution >= 0.6 is 0 Å². The van der Waals surface area contributed by atoms with E-state index in [1.54, 1.807) is 4.90 Å². The van der Waals surface area contributed by atoms with Crippen LogP contribution in [0.4, 0.5) is 4.79 Å². The molecule has 0 bridgehead atoms. The molecule has 2 heterocycles. The van der Waals surface area contributed by atoms with Crippen molar-refractivity contribution in [2.24, 2.45) is 10.9 Å². The highest BCUT2D eigenvalue weighted by molar-refractivity contribution is 5.94. The largest absolute Gasteiger partial charge is 0.479 e. The van der Waals surface area contributed by atoms with Gasteiger partial charge in [-0.15, -0.1) is 0 Å². The van der Waals surface area contributed by atoms with Gasteiger partial charge in [-0.05, 0) is 51.5 Å². The molecule has 32 heavy (non-hydrogen) atoms. The summed E-state index contributed by atoms with van der Waals surface area (Å²) in [5.41, 5.74) is -0.298. The van der Waals surface area contributed by atoms with Gasteiger partial charge in [-0.25, -0.2) is 14.6 Å². The summed E-state index contributed by atoms with van der Waals surface area (Å²) < 4.78 is 17.2. The SMILES string of the molecule is CC(C)C[C@@H](N=C1OCC[C@]12CCCN2C(=O)OC(C)(C)C)C(=O)OCc1ccccc1. The maximum absolute atomic E-state index is 13.0. The van der Waals surface area contributed by atoms with Gasteiger partial charge in [0, 0.05) is 13.0 Å². The third-order valence-corrected chi connectivity index (χ3v) is 5.72. The molecule has 3 rings (SSSR count). The van der Waals surface area contributed by atoms with Crippen LogP contribution in [0.1, 0.15) is 65.9 Å². The lowest BCUT2D eigenvalue weighted by Gasteiger charge is -2.35. The zero-order valence-electron chi connectivity index (χ0n) is 19.9. The van der Waals surface area contributed by atoms with Crippen molar-refractivity contribution in [2.75, 3.05) is 13.2 Å². The van der Waals surface area contributed by atoms with E-state index in [2.05, 4.69) is 0 Å². The van der Waals surface area contributed by atoms with Gasteiger partial charge in [-0.3, -0.25) is 4.90 Å². The number of ether oxygens (including phenoxy) is 3. The van der Waals surface area contributed by atoms with E-state index in [1.165, 1.54) is 0 Å². The number of amides is 1. The van der Waals surface area contributed by atoms with Gasteiger partial charge >= 0.3 is 12.1 Å². The van der Waals surface area contributed by atoms with Crippen LogP contribution in [0.5, 0.6) is 0 Å². The number of carbonyl (C=O) groups excluding carboxylic acids is 2. The Morgan fingerprint density at radius 1 is 1.19 bits per heavy atom. The molecule has 2 fully saturated rings. The van der Waals surface area contributed by atoms with Crippen molar-refractivity contribution in [2.45, 2.75) is 84.1 Å². The van der Waals surface area contributed by atoms with E-state index in [-0.39, 0.29) is 24.6 Å². The molecule has 0 saturated carbocycles. The summed E-state index contributed by atoms with van der Waals surface area (Å²) in [6, 6.07) is 8.91. The molecule has 2 aliphatic heterocycles. The molecule has 0 radical (unpaired) electrons. The molecule has 2 saturated heterocycles. The van der Waals surface area contributed by atoms with Gasteiger partial charge < -0.3 is 14.2 Å². The van der Waals surface area contributed by atoms with Gasteiger partial charge in [0.15, 0.2) is 6.04 Å². The van der Waals surface area contributed by atoms with Crippen LogP contribution in [0.15, 0.2) is 35.3 Å². The topological polar surface area (TPSA) is 77.4 Å². The number of hydrogen-bond donors (Lipinski definition) is 0. The minimum Gasteiger partial charge on any atom is -0.479 e. The lowest BCUT2D eigenvalue weighted by atomic mass is 9.93. The van der Waals surface area contributed by atoms with Crippen LogP contribution in [0, 0.1) is 5.92 Å². The molecule has 1 amide bonds. The van der Waals surface area contributed by atoms with Crippen molar-refractivity contribution in [1.29, 1.82) is 0 Å². The fraction of sp³-hybridized carbons (Fsp3) is 0.640. The Morgan fingerprint density at radius 3 is 2.56 bits per heavy atom. The summed E-state index contributed by atoms with van der Waals surface area (Å²) in [4.78, 5) is 32.4. The zero-order valence-corrected chi connectivity index (χ0v) is 19.9. The first kappa shape index (κ1) is 24.1. The molecule has 7 heteroatoms. The van der Waals surface area contributed by atoms with Crippen molar-refractivity contribution >= 4 is 18.0 Å². The number of aliphatic imine (C=N–C) groups is 1. The van der Waals surface area contributed by atoms with Gasteiger partial charge in [0.2, 0.25) is 5.90 Å². The number of esters is 1. The molecule has 7 nitrogen and oxygen atoms in total. The summed E-state index contributed by atoms with van der Waals surface area (Å²) in [7, 11) is 0. The molecule has 0 aliphatic carbocycles. The van der Waals surface area contributed by atoms with Crippen molar-refractivity contribution in [3.8, 4) is 0 Å². The normalized spacial score (nSPS) is 22.9. The third-order valence-electron chi connectivity index (χ3n) is 5.72. The quantitative estimate of drug-likeness (QED) is 0.593. The molecule has 1 aromatic carbocycles. The smallest absolute Gasteiger partial charge is 0.411 e. The molecule has 2 aliphatic rings.